The van der Waals surface area contributed by atoms with Crippen LogP contribution in [0, 0.1) is 0 Å². The van der Waals surface area contributed by atoms with Crippen LogP contribution in [0.5, 0.6) is 0 Å². The van der Waals surface area contributed by atoms with Gasteiger partial charge in [-0.2, -0.15) is 0 Å². The number of fused-ring (bicyclic) bond motifs is 4. The first kappa shape index (κ1) is 21.7. The second kappa shape index (κ2) is 7.46. The number of hydrogen-bond donors (Lipinski definition) is 0. The number of carbonyl (C=O) groups is 1. The number of rotatable bonds is 0. The molecule has 0 atom stereocenters. The summed E-state index contributed by atoms with van der Waals surface area (Å²) >= 11 is 29.0. The van der Waals surface area contributed by atoms with Gasteiger partial charge in [0.1, 0.15) is 5.84 Å². The lowest BCUT2D eigenvalue weighted by molar-refractivity contribution is 0.101. The minimum atomic E-state index is -0.152. The monoisotopic (exact) mass is 893 g/mol. The molecule has 1 amide bonds. The summed E-state index contributed by atoms with van der Waals surface area (Å²) in [7, 11) is 0. The van der Waals surface area contributed by atoms with Gasteiger partial charge >= 0.3 is 0 Å². The van der Waals surface area contributed by atoms with Crippen LogP contribution in [0.1, 0.15) is 15.9 Å². The van der Waals surface area contributed by atoms with Crippen molar-refractivity contribution in [1.82, 2.24) is 0 Å². The Kier molecular flexibility index (Phi) is 5.59. The van der Waals surface area contributed by atoms with Crippen LogP contribution in [0.25, 0.3) is 10.8 Å². The summed E-state index contributed by atoms with van der Waals surface area (Å²) < 4.78 is 6.40. The topological polar surface area (TPSA) is 32.7 Å². The molecule has 0 unspecified atom stereocenters. The summed E-state index contributed by atoms with van der Waals surface area (Å²) in [5.41, 5.74) is 2.84. The molecule has 0 saturated heterocycles. The van der Waals surface area contributed by atoms with Gasteiger partial charge in [-0.1, -0.05) is 15.9 Å². The van der Waals surface area contributed by atoms with E-state index < -0.39 is 0 Å². The van der Waals surface area contributed by atoms with Crippen LogP contribution in [0.15, 0.2) is 52.9 Å². The van der Waals surface area contributed by atoms with E-state index in [1.54, 1.807) is 4.90 Å². The summed E-state index contributed by atoms with van der Waals surface area (Å²) in [4.78, 5) is 20.2. The van der Waals surface area contributed by atoms with Gasteiger partial charge in [0.05, 0.1) is 21.4 Å². The molecule has 2 heterocycles. The molecule has 2 aliphatic heterocycles. The molecule has 29 heavy (non-hydrogen) atoms. The molecular weight excluding hydrogens is 899 g/mol. The number of benzene rings is 3. The number of halogens is 8. The molecule has 146 valence electrons. The van der Waals surface area contributed by atoms with Gasteiger partial charge in [-0.25, -0.2) is 4.99 Å². The van der Waals surface area contributed by atoms with Gasteiger partial charge in [-0.15, -0.1) is 0 Å². The Hall–Kier alpha value is 0.900. The Morgan fingerprint density at radius 3 is 1.90 bits per heavy atom. The highest BCUT2D eigenvalue weighted by Gasteiger charge is 2.44. The van der Waals surface area contributed by atoms with Crippen molar-refractivity contribution in [2.45, 2.75) is 0 Å². The molecule has 0 bridgehead atoms. The fourth-order valence-electron chi connectivity index (χ4n) is 3.53. The molecule has 3 aromatic rings. The van der Waals surface area contributed by atoms with Gasteiger partial charge in [0.2, 0.25) is 0 Å². The van der Waals surface area contributed by atoms with Crippen molar-refractivity contribution in [1.29, 1.82) is 0 Å². The van der Waals surface area contributed by atoms with Crippen LogP contribution in [0.4, 0.5) is 11.4 Å². The number of hydrogen-bond acceptors (Lipinski definition) is 2. The van der Waals surface area contributed by atoms with E-state index in [0.717, 1.165) is 59.0 Å². The van der Waals surface area contributed by atoms with Crippen molar-refractivity contribution in [2.24, 2.45) is 4.99 Å². The van der Waals surface area contributed by atoms with Gasteiger partial charge in [0.25, 0.3) is 5.91 Å². The summed E-state index contributed by atoms with van der Waals surface area (Å²) in [6, 6.07) is 3.92. The predicted octanol–water partition coefficient (Wildman–Crippen LogP) is 9.99. The van der Waals surface area contributed by atoms with Crippen molar-refractivity contribution < 1.29 is 4.79 Å². The molecule has 0 spiro atoms. The number of anilines is 1. The molecule has 0 fully saturated rings. The predicted molar refractivity (Wildman–Crippen MR) is 145 cm³/mol. The number of amides is 1. The Morgan fingerprint density at radius 2 is 1.24 bits per heavy atom. The Bertz CT molecular complexity index is 1360. The maximum absolute atomic E-state index is 13.6. The number of aliphatic imine (C=N–C) groups is 1. The zero-order chi connectivity index (χ0) is 20.9. The number of amidine groups is 1. The van der Waals surface area contributed by atoms with Crippen LogP contribution < -0.4 is 4.90 Å². The summed E-state index contributed by atoms with van der Waals surface area (Å²) in [5, 5.41) is 1.83. The molecular formula is C18H2Br8N2O. The fraction of sp³-hybridized carbons (Fsp3) is 0. The van der Waals surface area contributed by atoms with Crippen LogP contribution in [0.2, 0.25) is 0 Å². The highest BCUT2D eigenvalue weighted by molar-refractivity contribution is 9.15. The molecule has 2 aliphatic rings. The van der Waals surface area contributed by atoms with E-state index in [2.05, 4.69) is 127 Å². The van der Waals surface area contributed by atoms with E-state index in [1.165, 1.54) is 0 Å². The molecule has 0 radical (unpaired) electrons. The average Bonchev–Trinajstić information content (AvgIpc) is 2.99. The van der Waals surface area contributed by atoms with E-state index in [1.807, 2.05) is 12.1 Å². The van der Waals surface area contributed by atoms with Gasteiger partial charge in [-0.3, -0.25) is 9.69 Å². The summed E-state index contributed by atoms with van der Waals surface area (Å²) in [5.74, 6) is 0.429. The zero-order valence-corrected chi connectivity index (χ0v) is 26.2. The van der Waals surface area contributed by atoms with Gasteiger partial charge in [0.15, 0.2) is 0 Å². The molecule has 5 rings (SSSR count). The molecule has 3 aromatic carbocycles. The van der Waals surface area contributed by atoms with Gasteiger partial charge < -0.3 is 0 Å². The van der Waals surface area contributed by atoms with E-state index in [9.17, 15) is 4.79 Å². The summed E-state index contributed by atoms with van der Waals surface area (Å²) in [6.07, 6.45) is 0. The molecule has 3 nitrogen and oxygen atoms in total. The Morgan fingerprint density at radius 1 is 0.655 bits per heavy atom. The third-order valence-corrected chi connectivity index (χ3v) is 13.6. The molecule has 11 heteroatoms. The SMILES string of the molecule is O=C1c2c(Br)c(Br)c(Br)c(Br)c2C2=Nc3ccc(Br)c4c(Br)c(Br)c(Br)c(c34)N12. The highest BCUT2D eigenvalue weighted by Crippen LogP contribution is 2.55. The molecule has 0 aliphatic carbocycles. The van der Waals surface area contributed by atoms with Crippen LogP contribution in [-0.4, -0.2) is 11.7 Å². The minimum absolute atomic E-state index is 0.152. The lowest BCUT2D eigenvalue weighted by Gasteiger charge is -2.27. The Balaban J connectivity index is 1.99. The third-order valence-electron chi connectivity index (χ3n) is 4.75. The fourth-order valence-corrected chi connectivity index (χ4v) is 8.63. The van der Waals surface area contributed by atoms with E-state index in [-0.39, 0.29) is 5.91 Å². The first-order valence-electron chi connectivity index (χ1n) is 7.74. The summed E-state index contributed by atoms with van der Waals surface area (Å²) in [6.45, 7) is 0. The van der Waals surface area contributed by atoms with Crippen LogP contribution >= 0.6 is 127 Å². The molecule has 0 saturated carbocycles. The van der Waals surface area contributed by atoms with E-state index in [0.29, 0.717) is 15.9 Å². The number of nitrogens with zero attached hydrogens (tertiary/aromatic N) is 2. The standard InChI is InChI=1S/C18H2Br8N2O/c19-3-1-2-4-6-5(3)9(20)14(25)15(26)16(6)28-17(27-4)7-8(18(28)29)11(22)13(24)12(23)10(7)21/h1-2H. The van der Waals surface area contributed by atoms with Crippen molar-refractivity contribution in [3.63, 3.8) is 0 Å². The highest BCUT2D eigenvalue weighted by atomic mass is 79.9. The maximum atomic E-state index is 13.6. The maximum Gasteiger partial charge on any atom is 0.266 e. The normalized spacial score (nSPS) is 14.4. The van der Waals surface area contributed by atoms with Crippen LogP contribution in [-0.2, 0) is 0 Å². The smallest absolute Gasteiger partial charge is 0.266 e. The number of carbonyl (C=O) groups excluding carboxylic acids is 1. The largest absolute Gasteiger partial charge is 0.268 e. The quantitative estimate of drug-likeness (QED) is 0.164. The molecule has 0 aromatic heterocycles. The van der Waals surface area contributed by atoms with Crippen LogP contribution in [0.3, 0.4) is 0 Å². The second-order valence-corrected chi connectivity index (χ2v) is 12.6. The second-order valence-electron chi connectivity index (χ2n) is 6.19. The lowest BCUT2D eigenvalue weighted by atomic mass is 10.0. The third kappa shape index (κ3) is 2.83. The van der Waals surface area contributed by atoms with Crippen molar-refractivity contribution in [2.75, 3.05) is 4.90 Å². The van der Waals surface area contributed by atoms with E-state index >= 15 is 0 Å². The zero-order valence-electron chi connectivity index (χ0n) is 13.5. The van der Waals surface area contributed by atoms with Gasteiger partial charge in [0, 0.05) is 47.6 Å². The van der Waals surface area contributed by atoms with E-state index in [4.69, 9.17) is 4.99 Å². The first-order chi connectivity index (χ1) is 13.7. The minimum Gasteiger partial charge on any atom is -0.268 e. The van der Waals surface area contributed by atoms with Crippen molar-refractivity contribution >= 4 is 161 Å². The average molecular weight is 901 g/mol. The first-order valence-corrected chi connectivity index (χ1v) is 14.1. The van der Waals surface area contributed by atoms with Crippen molar-refractivity contribution in [3.05, 3.63) is 59.0 Å². The Labute approximate surface area is 232 Å². The van der Waals surface area contributed by atoms with Crippen molar-refractivity contribution in [3.8, 4) is 0 Å². The molecule has 0 N–H and O–H groups in total. The lowest BCUT2D eigenvalue weighted by Crippen LogP contribution is -2.32. The van der Waals surface area contributed by atoms with Gasteiger partial charge in [-0.05, 0) is 124 Å².